The van der Waals surface area contributed by atoms with E-state index in [2.05, 4.69) is 15.5 Å². The van der Waals surface area contributed by atoms with Crippen LogP contribution in [0.3, 0.4) is 0 Å². The number of rotatable bonds is 4. The maximum Gasteiger partial charge on any atom is 0.261 e. The maximum absolute atomic E-state index is 12.2. The Bertz CT molecular complexity index is 868. The lowest BCUT2D eigenvalue weighted by Crippen LogP contribution is -2.28. The fraction of sp³-hybridized carbons (Fsp3) is 0.176. The number of benzene rings is 1. The number of aromatic amines is 1. The highest BCUT2D eigenvalue weighted by atomic mass is 35.5. The van der Waals surface area contributed by atoms with Crippen molar-refractivity contribution in [2.75, 3.05) is 13.1 Å². The van der Waals surface area contributed by atoms with Gasteiger partial charge in [0.1, 0.15) is 4.34 Å². The summed E-state index contributed by atoms with van der Waals surface area (Å²) in [5.41, 5.74) is 7.72. The van der Waals surface area contributed by atoms with Gasteiger partial charge in [-0.05, 0) is 30.7 Å². The normalized spacial score (nSPS) is 10.2. The second-order valence-corrected chi connectivity index (χ2v) is 6.90. The van der Waals surface area contributed by atoms with Crippen molar-refractivity contribution in [1.29, 1.82) is 0 Å². The number of carbonyl (C=O) groups is 1. The second-order valence-electron chi connectivity index (χ2n) is 5.25. The SMILES string of the molecule is Cc1ccc(F)c(F)c1.NCCNC(=O)c1cc(-c2cn[nH]c2)c(Cl)s1. The van der Waals surface area contributed by atoms with Gasteiger partial charge in [-0.25, -0.2) is 8.78 Å². The summed E-state index contributed by atoms with van der Waals surface area (Å²) in [5.74, 6) is -1.73. The van der Waals surface area contributed by atoms with Gasteiger partial charge >= 0.3 is 0 Å². The number of carbonyl (C=O) groups excluding carboxylic acids is 1. The number of halogens is 3. The van der Waals surface area contributed by atoms with Gasteiger partial charge in [-0.2, -0.15) is 5.10 Å². The molecule has 0 fully saturated rings. The molecule has 1 amide bonds. The molecule has 9 heteroatoms. The zero-order chi connectivity index (χ0) is 19.1. The van der Waals surface area contributed by atoms with Crippen molar-refractivity contribution in [3.05, 3.63) is 63.1 Å². The number of nitrogens with one attached hydrogen (secondary N) is 2. The summed E-state index contributed by atoms with van der Waals surface area (Å²) in [6.45, 7) is 2.58. The molecule has 0 atom stereocenters. The number of hydrogen-bond acceptors (Lipinski definition) is 4. The molecule has 3 aromatic rings. The van der Waals surface area contributed by atoms with Gasteiger partial charge in [0.2, 0.25) is 0 Å². The Labute approximate surface area is 158 Å². The lowest BCUT2D eigenvalue weighted by atomic mass is 10.2. The van der Waals surface area contributed by atoms with Gasteiger partial charge in [-0.3, -0.25) is 9.89 Å². The van der Waals surface area contributed by atoms with Gasteiger partial charge in [0.25, 0.3) is 5.91 Å². The van der Waals surface area contributed by atoms with Crippen molar-refractivity contribution < 1.29 is 13.6 Å². The van der Waals surface area contributed by atoms with Crippen molar-refractivity contribution in [1.82, 2.24) is 15.5 Å². The average molecular weight is 399 g/mol. The molecule has 0 aliphatic rings. The third-order valence-corrected chi connectivity index (χ3v) is 4.58. The number of H-pyrrole nitrogens is 1. The summed E-state index contributed by atoms with van der Waals surface area (Å²) in [5, 5.41) is 9.25. The van der Waals surface area contributed by atoms with Crippen LogP contribution in [0.2, 0.25) is 4.34 Å². The Morgan fingerprint density at radius 1 is 1.35 bits per heavy atom. The minimum atomic E-state index is -0.791. The van der Waals surface area contributed by atoms with Gasteiger partial charge in [0.15, 0.2) is 11.6 Å². The number of aromatic nitrogens is 2. The van der Waals surface area contributed by atoms with E-state index >= 15 is 0 Å². The molecule has 0 spiro atoms. The van der Waals surface area contributed by atoms with Gasteiger partial charge in [-0.15, -0.1) is 11.3 Å². The predicted molar refractivity (Wildman–Crippen MR) is 99.4 cm³/mol. The summed E-state index contributed by atoms with van der Waals surface area (Å²) >= 11 is 7.33. The molecule has 1 aromatic carbocycles. The number of amides is 1. The van der Waals surface area contributed by atoms with Crippen LogP contribution >= 0.6 is 22.9 Å². The van der Waals surface area contributed by atoms with Crippen LogP contribution < -0.4 is 11.1 Å². The molecule has 2 heterocycles. The molecule has 0 radical (unpaired) electrons. The predicted octanol–water partition coefficient (Wildman–Crippen LogP) is 3.75. The highest BCUT2D eigenvalue weighted by molar-refractivity contribution is 7.18. The van der Waals surface area contributed by atoms with Crippen molar-refractivity contribution in [3.63, 3.8) is 0 Å². The van der Waals surface area contributed by atoms with E-state index in [-0.39, 0.29) is 5.91 Å². The van der Waals surface area contributed by atoms with E-state index in [1.165, 1.54) is 17.4 Å². The van der Waals surface area contributed by atoms with Crippen LogP contribution in [-0.4, -0.2) is 29.2 Å². The van der Waals surface area contributed by atoms with Crippen LogP contribution in [0.25, 0.3) is 11.1 Å². The first kappa shape index (κ1) is 20.0. The van der Waals surface area contributed by atoms with Crippen LogP contribution in [0, 0.1) is 18.6 Å². The Morgan fingerprint density at radius 3 is 2.69 bits per heavy atom. The number of thiophene rings is 1. The monoisotopic (exact) mass is 398 g/mol. The molecule has 5 nitrogen and oxygen atoms in total. The van der Waals surface area contributed by atoms with E-state index in [0.717, 1.165) is 28.8 Å². The number of nitrogens with two attached hydrogens (primary N) is 1. The summed E-state index contributed by atoms with van der Waals surface area (Å²) in [6.07, 6.45) is 3.39. The minimum Gasteiger partial charge on any atom is -0.350 e. The first-order chi connectivity index (χ1) is 12.4. The van der Waals surface area contributed by atoms with E-state index in [0.29, 0.717) is 22.3 Å². The topological polar surface area (TPSA) is 83.8 Å². The summed E-state index contributed by atoms with van der Waals surface area (Å²) in [6, 6.07) is 5.56. The molecule has 0 aliphatic heterocycles. The Balaban J connectivity index is 0.000000228. The van der Waals surface area contributed by atoms with E-state index in [1.807, 2.05) is 0 Å². The highest BCUT2D eigenvalue weighted by Crippen LogP contribution is 2.35. The van der Waals surface area contributed by atoms with E-state index in [9.17, 15) is 13.6 Å². The van der Waals surface area contributed by atoms with Crippen molar-refractivity contribution in [3.8, 4) is 11.1 Å². The average Bonchev–Trinajstić information content (AvgIpc) is 3.26. The molecular weight excluding hydrogens is 382 g/mol. The van der Waals surface area contributed by atoms with Gasteiger partial charge < -0.3 is 11.1 Å². The summed E-state index contributed by atoms with van der Waals surface area (Å²) < 4.78 is 24.9. The molecule has 0 bridgehead atoms. The smallest absolute Gasteiger partial charge is 0.261 e. The zero-order valence-electron chi connectivity index (χ0n) is 13.9. The van der Waals surface area contributed by atoms with Crippen LogP contribution in [0.5, 0.6) is 0 Å². The van der Waals surface area contributed by atoms with Crippen LogP contribution in [-0.2, 0) is 0 Å². The van der Waals surface area contributed by atoms with Crippen LogP contribution in [0.4, 0.5) is 8.78 Å². The first-order valence-corrected chi connectivity index (χ1v) is 8.80. The second kappa shape index (κ2) is 9.42. The third kappa shape index (κ3) is 5.35. The molecule has 26 heavy (non-hydrogen) atoms. The molecule has 3 rings (SSSR count). The van der Waals surface area contributed by atoms with E-state index in [1.54, 1.807) is 25.4 Å². The van der Waals surface area contributed by atoms with Crippen molar-refractivity contribution >= 4 is 28.8 Å². The van der Waals surface area contributed by atoms with Crippen molar-refractivity contribution in [2.24, 2.45) is 5.73 Å². The van der Waals surface area contributed by atoms with E-state index in [4.69, 9.17) is 17.3 Å². The largest absolute Gasteiger partial charge is 0.350 e. The zero-order valence-corrected chi connectivity index (χ0v) is 15.4. The molecular formula is C17H17ClF2N4OS. The maximum atomic E-state index is 12.2. The summed E-state index contributed by atoms with van der Waals surface area (Å²) in [7, 11) is 0. The number of aryl methyl sites for hydroxylation is 1. The lowest BCUT2D eigenvalue weighted by Gasteiger charge is -1.99. The quantitative estimate of drug-likeness (QED) is 0.625. The highest BCUT2D eigenvalue weighted by Gasteiger charge is 2.14. The molecule has 2 aromatic heterocycles. The molecule has 0 saturated heterocycles. The molecule has 4 N–H and O–H groups in total. The van der Waals surface area contributed by atoms with Gasteiger partial charge in [0.05, 0.1) is 11.1 Å². The Morgan fingerprint density at radius 2 is 2.12 bits per heavy atom. The van der Waals surface area contributed by atoms with Gasteiger partial charge in [0, 0.05) is 30.4 Å². The fourth-order valence-electron chi connectivity index (χ4n) is 1.95. The molecule has 0 unspecified atom stereocenters. The van der Waals surface area contributed by atoms with Crippen molar-refractivity contribution in [2.45, 2.75) is 6.92 Å². The Hall–Kier alpha value is -2.29. The number of hydrogen-bond donors (Lipinski definition) is 3. The fourth-order valence-corrected chi connectivity index (χ4v) is 3.18. The standard InChI is InChI=1S/C10H11ClN4OS.C7H6F2/c11-9-7(6-4-14-15-5-6)3-8(17-9)10(16)13-2-1-12;1-5-2-3-6(8)7(9)4-5/h3-5H,1-2,12H2,(H,13,16)(H,14,15);2-4H,1H3. The third-order valence-electron chi connectivity index (χ3n) is 3.22. The summed E-state index contributed by atoms with van der Waals surface area (Å²) in [4.78, 5) is 12.3. The molecule has 0 saturated carbocycles. The number of nitrogens with zero attached hydrogens (tertiary/aromatic N) is 1. The van der Waals surface area contributed by atoms with Crippen LogP contribution in [0.1, 0.15) is 15.2 Å². The lowest BCUT2D eigenvalue weighted by molar-refractivity contribution is 0.0959. The Kier molecular flexibility index (Phi) is 7.26. The van der Waals surface area contributed by atoms with E-state index < -0.39 is 11.6 Å². The van der Waals surface area contributed by atoms with Crippen LogP contribution in [0.15, 0.2) is 36.7 Å². The molecule has 0 aliphatic carbocycles. The first-order valence-electron chi connectivity index (χ1n) is 7.60. The van der Waals surface area contributed by atoms with Gasteiger partial charge in [-0.1, -0.05) is 17.7 Å². The minimum absolute atomic E-state index is 0.155. The molecule has 138 valence electrons.